The van der Waals surface area contributed by atoms with Crippen molar-refractivity contribution in [1.29, 1.82) is 0 Å². The standard InChI is InChI=1S/C19H20F2N4O3S/c1-24(2)29(27,28)13-5-7-17-16(11-13)23-18(25(17)3)8-9-19(26)22-12-4-6-14(20)15(21)10-12/h4-7,10-11H,8-9H2,1-3H3,(H,22,26). The third-order valence-corrected chi connectivity index (χ3v) is 6.31. The second-order valence-corrected chi connectivity index (χ2v) is 8.85. The smallest absolute Gasteiger partial charge is 0.242 e. The zero-order valence-electron chi connectivity index (χ0n) is 16.1. The Labute approximate surface area is 167 Å². The number of rotatable bonds is 6. The molecule has 0 atom stereocenters. The predicted octanol–water partition coefficient (Wildman–Crippen LogP) is 2.67. The van der Waals surface area contributed by atoms with Crippen LogP contribution < -0.4 is 5.32 Å². The summed E-state index contributed by atoms with van der Waals surface area (Å²) in [5.74, 6) is -1.81. The quantitative estimate of drug-likeness (QED) is 0.662. The highest BCUT2D eigenvalue weighted by Gasteiger charge is 2.19. The first-order valence-electron chi connectivity index (χ1n) is 8.72. The number of carbonyl (C=O) groups excluding carboxylic acids is 1. The number of sulfonamides is 1. The van der Waals surface area contributed by atoms with Crippen molar-refractivity contribution in [3.05, 3.63) is 53.9 Å². The Bertz CT molecular complexity index is 1190. The third-order valence-electron chi connectivity index (χ3n) is 4.50. The van der Waals surface area contributed by atoms with Crippen molar-refractivity contribution in [3.8, 4) is 0 Å². The lowest BCUT2D eigenvalue weighted by Crippen LogP contribution is -2.22. The van der Waals surface area contributed by atoms with E-state index in [9.17, 15) is 22.0 Å². The number of carbonyl (C=O) groups is 1. The number of halogens is 2. The number of benzene rings is 2. The number of nitrogens with one attached hydrogen (secondary N) is 1. The number of aryl methyl sites for hydroxylation is 2. The minimum atomic E-state index is -3.58. The minimum absolute atomic E-state index is 0.0685. The Morgan fingerprint density at radius 1 is 1.14 bits per heavy atom. The lowest BCUT2D eigenvalue weighted by atomic mass is 10.2. The average Bonchev–Trinajstić information content (AvgIpc) is 2.98. The molecule has 3 aromatic rings. The Balaban J connectivity index is 1.75. The fourth-order valence-electron chi connectivity index (χ4n) is 2.85. The molecule has 0 spiro atoms. The Kier molecular flexibility index (Phi) is 5.67. The molecule has 1 aromatic heterocycles. The van der Waals surface area contributed by atoms with Crippen LogP contribution in [0.2, 0.25) is 0 Å². The molecule has 0 fully saturated rings. The molecule has 154 valence electrons. The molecule has 0 radical (unpaired) electrons. The number of imidazole rings is 1. The van der Waals surface area contributed by atoms with Gasteiger partial charge >= 0.3 is 0 Å². The van der Waals surface area contributed by atoms with Crippen LogP contribution in [0.5, 0.6) is 0 Å². The van der Waals surface area contributed by atoms with E-state index in [2.05, 4.69) is 10.3 Å². The van der Waals surface area contributed by atoms with Gasteiger partial charge < -0.3 is 9.88 Å². The number of nitrogens with zero attached hydrogens (tertiary/aromatic N) is 3. The molecule has 29 heavy (non-hydrogen) atoms. The van der Waals surface area contributed by atoms with Crippen LogP contribution in [0.4, 0.5) is 14.5 Å². The van der Waals surface area contributed by atoms with E-state index in [1.807, 2.05) is 0 Å². The van der Waals surface area contributed by atoms with Gasteiger partial charge in [-0.15, -0.1) is 0 Å². The van der Waals surface area contributed by atoms with Gasteiger partial charge in [-0.1, -0.05) is 0 Å². The lowest BCUT2D eigenvalue weighted by molar-refractivity contribution is -0.116. The van der Waals surface area contributed by atoms with Crippen LogP contribution in [0, 0.1) is 11.6 Å². The van der Waals surface area contributed by atoms with E-state index < -0.39 is 21.7 Å². The van der Waals surface area contributed by atoms with E-state index in [0.29, 0.717) is 11.3 Å². The first-order chi connectivity index (χ1) is 13.6. The number of hydrogen-bond donors (Lipinski definition) is 1. The zero-order valence-corrected chi connectivity index (χ0v) is 16.9. The van der Waals surface area contributed by atoms with Gasteiger partial charge in [0.05, 0.1) is 15.9 Å². The van der Waals surface area contributed by atoms with Crippen molar-refractivity contribution < 1.29 is 22.0 Å². The van der Waals surface area contributed by atoms with E-state index in [-0.39, 0.29) is 29.3 Å². The summed E-state index contributed by atoms with van der Waals surface area (Å²) in [5, 5.41) is 2.51. The van der Waals surface area contributed by atoms with Gasteiger partial charge in [-0.2, -0.15) is 0 Å². The summed E-state index contributed by atoms with van der Waals surface area (Å²) in [4.78, 5) is 16.7. The van der Waals surface area contributed by atoms with E-state index in [1.54, 1.807) is 17.7 Å². The molecular formula is C19H20F2N4O3S. The highest BCUT2D eigenvalue weighted by Crippen LogP contribution is 2.22. The molecular weight excluding hydrogens is 402 g/mol. The van der Waals surface area contributed by atoms with Gasteiger partial charge in [-0.25, -0.2) is 26.5 Å². The average molecular weight is 422 g/mol. The van der Waals surface area contributed by atoms with E-state index in [0.717, 1.165) is 22.0 Å². The highest BCUT2D eigenvalue weighted by atomic mass is 32.2. The van der Waals surface area contributed by atoms with Crippen LogP contribution in [-0.2, 0) is 28.3 Å². The topological polar surface area (TPSA) is 84.3 Å². The summed E-state index contributed by atoms with van der Waals surface area (Å²) in [6.45, 7) is 0. The van der Waals surface area contributed by atoms with Crippen LogP contribution in [0.3, 0.4) is 0 Å². The monoisotopic (exact) mass is 422 g/mol. The van der Waals surface area contributed by atoms with E-state index in [1.165, 1.54) is 32.3 Å². The van der Waals surface area contributed by atoms with Crippen molar-refractivity contribution in [2.75, 3.05) is 19.4 Å². The number of hydrogen-bond acceptors (Lipinski definition) is 4. The second kappa shape index (κ2) is 7.88. The first kappa shape index (κ1) is 20.9. The van der Waals surface area contributed by atoms with Crippen LogP contribution in [0.1, 0.15) is 12.2 Å². The summed E-state index contributed by atoms with van der Waals surface area (Å²) < 4.78 is 53.7. The van der Waals surface area contributed by atoms with Gasteiger partial charge in [0.2, 0.25) is 15.9 Å². The Morgan fingerprint density at radius 2 is 1.86 bits per heavy atom. The molecule has 0 saturated heterocycles. The van der Waals surface area contributed by atoms with Crippen LogP contribution >= 0.6 is 0 Å². The molecule has 7 nitrogen and oxygen atoms in total. The van der Waals surface area contributed by atoms with E-state index >= 15 is 0 Å². The molecule has 0 bridgehead atoms. The van der Waals surface area contributed by atoms with Crippen molar-refractivity contribution in [2.24, 2.45) is 7.05 Å². The van der Waals surface area contributed by atoms with Gasteiger partial charge in [-0.05, 0) is 30.3 Å². The van der Waals surface area contributed by atoms with Gasteiger partial charge in [0.1, 0.15) is 5.82 Å². The largest absolute Gasteiger partial charge is 0.331 e. The van der Waals surface area contributed by atoms with Crippen molar-refractivity contribution in [2.45, 2.75) is 17.7 Å². The summed E-state index contributed by atoms with van der Waals surface area (Å²) in [6, 6.07) is 7.81. The van der Waals surface area contributed by atoms with Gasteiger partial charge in [0.15, 0.2) is 11.6 Å². The predicted molar refractivity (Wildman–Crippen MR) is 105 cm³/mol. The minimum Gasteiger partial charge on any atom is -0.331 e. The van der Waals surface area contributed by atoms with E-state index in [4.69, 9.17) is 0 Å². The maximum absolute atomic E-state index is 13.2. The summed E-state index contributed by atoms with van der Waals surface area (Å²) in [7, 11) is 1.11. The Hall–Kier alpha value is -2.85. The fourth-order valence-corrected chi connectivity index (χ4v) is 3.77. The van der Waals surface area contributed by atoms with Crippen LogP contribution in [-0.4, -0.2) is 42.3 Å². The molecule has 1 N–H and O–H groups in total. The van der Waals surface area contributed by atoms with Crippen LogP contribution in [0.15, 0.2) is 41.3 Å². The van der Waals surface area contributed by atoms with Crippen molar-refractivity contribution in [3.63, 3.8) is 0 Å². The maximum atomic E-state index is 13.2. The zero-order chi connectivity index (χ0) is 21.3. The first-order valence-corrected chi connectivity index (χ1v) is 10.2. The summed E-state index contributed by atoms with van der Waals surface area (Å²) in [5.41, 5.74) is 1.41. The number of amides is 1. The third kappa shape index (κ3) is 4.28. The molecule has 0 unspecified atom stereocenters. The number of anilines is 1. The molecule has 0 saturated carbocycles. The molecule has 1 amide bonds. The SMILES string of the molecule is CN(C)S(=O)(=O)c1ccc2c(c1)nc(CCC(=O)Nc1ccc(F)c(F)c1)n2C. The normalized spacial score (nSPS) is 11.9. The number of fused-ring (bicyclic) bond motifs is 1. The van der Waals surface area contributed by atoms with Crippen molar-refractivity contribution >= 4 is 32.7 Å². The summed E-state index contributed by atoms with van der Waals surface area (Å²) >= 11 is 0. The maximum Gasteiger partial charge on any atom is 0.242 e. The molecule has 10 heteroatoms. The molecule has 0 aliphatic rings. The van der Waals surface area contributed by atoms with Crippen LogP contribution in [0.25, 0.3) is 11.0 Å². The lowest BCUT2D eigenvalue weighted by Gasteiger charge is -2.10. The Morgan fingerprint density at radius 3 is 2.52 bits per heavy atom. The van der Waals surface area contributed by atoms with Gasteiger partial charge in [0, 0.05) is 45.7 Å². The molecule has 2 aromatic carbocycles. The van der Waals surface area contributed by atoms with Gasteiger partial charge in [0.25, 0.3) is 0 Å². The van der Waals surface area contributed by atoms with Gasteiger partial charge in [-0.3, -0.25) is 4.79 Å². The number of aromatic nitrogens is 2. The molecule has 0 aliphatic heterocycles. The second-order valence-electron chi connectivity index (χ2n) is 6.70. The molecule has 0 aliphatic carbocycles. The molecule has 1 heterocycles. The fraction of sp³-hybridized carbons (Fsp3) is 0.263. The summed E-state index contributed by atoms with van der Waals surface area (Å²) in [6.07, 6.45) is 0.357. The van der Waals surface area contributed by atoms with Crippen molar-refractivity contribution in [1.82, 2.24) is 13.9 Å². The highest BCUT2D eigenvalue weighted by molar-refractivity contribution is 7.89. The molecule has 3 rings (SSSR count).